The van der Waals surface area contributed by atoms with E-state index < -0.39 is 0 Å². The molecule has 0 heterocycles. The second kappa shape index (κ2) is 5.19. The molecule has 3 heteroatoms. The van der Waals surface area contributed by atoms with Gasteiger partial charge in [-0.3, -0.25) is 0 Å². The third kappa shape index (κ3) is 2.87. The zero-order chi connectivity index (χ0) is 13.1. The fourth-order valence-corrected chi connectivity index (χ4v) is 1.68. The Morgan fingerprint density at radius 3 is 2.50 bits per heavy atom. The van der Waals surface area contributed by atoms with Gasteiger partial charge in [-0.05, 0) is 55.3 Å². The maximum atomic E-state index is 13.1. The van der Waals surface area contributed by atoms with E-state index in [-0.39, 0.29) is 11.9 Å². The molecule has 0 radical (unpaired) electrons. The second-order valence-electron chi connectivity index (χ2n) is 4.37. The molecule has 18 heavy (non-hydrogen) atoms. The molecule has 0 spiro atoms. The van der Waals surface area contributed by atoms with Crippen molar-refractivity contribution in [1.82, 2.24) is 0 Å². The average molecular weight is 245 g/mol. The Morgan fingerprint density at radius 2 is 1.83 bits per heavy atom. The van der Waals surface area contributed by atoms with E-state index in [1.165, 1.54) is 6.07 Å². The summed E-state index contributed by atoms with van der Waals surface area (Å²) in [7, 11) is 0. The standard InChI is InChI=1S/C15H16FNO/c1-10-8-14(6-7-15(10)16)18-13-5-3-4-12(9-13)11(2)17/h3-9,11H,17H2,1-2H3. The number of aryl methyl sites for hydroxylation is 1. The minimum absolute atomic E-state index is 0.0384. The van der Waals surface area contributed by atoms with Crippen molar-refractivity contribution in [3.05, 3.63) is 59.4 Å². The largest absolute Gasteiger partial charge is 0.457 e. The van der Waals surface area contributed by atoms with Crippen LogP contribution >= 0.6 is 0 Å². The van der Waals surface area contributed by atoms with Gasteiger partial charge in [0, 0.05) is 6.04 Å². The SMILES string of the molecule is Cc1cc(Oc2cccc(C(C)N)c2)ccc1F. The van der Waals surface area contributed by atoms with E-state index in [2.05, 4.69) is 0 Å². The summed E-state index contributed by atoms with van der Waals surface area (Å²) in [5, 5.41) is 0. The first-order valence-corrected chi connectivity index (χ1v) is 5.86. The van der Waals surface area contributed by atoms with Gasteiger partial charge in [-0.15, -0.1) is 0 Å². The number of benzene rings is 2. The van der Waals surface area contributed by atoms with Crippen LogP contribution in [-0.2, 0) is 0 Å². The third-order valence-corrected chi connectivity index (χ3v) is 2.75. The summed E-state index contributed by atoms with van der Waals surface area (Å²) < 4.78 is 18.8. The van der Waals surface area contributed by atoms with Gasteiger partial charge in [0.25, 0.3) is 0 Å². The molecule has 0 aliphatic heterocycles. The summed E-state index contributed by atoms with van der Waals surface area (Å²) in [6.07, 6.45) is 0. The molecule has 0 fully saturated rings. The maximum Gasteiger partial charge on any atom is 0.127 e. The van der Waals surface area contributed by atoms with Crippen LogP contribution in [0.4, 0.5) is 4.39 Å². The highest BCUT2D eigenvalue weighted by molar-refractivity contribution is 5.36. The summed E-state index contributed by atoms with van der Waals surface area (Å²) >= 11 is 0. The molecule has 0 aliphatic carbocycles. The quantitative estimate of drug-likeness (QED) is 0.888. The van der Waals surface area contributed by atoms with Crippen LogP contribution in [0.1, 0.15) is 24.1 Å². The minimum atomic E-state index is -0.230. The number of rotatable bonds is 3. The van der Waals surface area contributed by atoms with E-state index in [9.17, 15) is 4.39 Å². The highest BCUT2D eigenvalue weighted by atomic mass is 19.1. The Bertz CT molecular complexity index is 552. The number of hydrogen-bond acceptors (Lipinski definition) is 2. The fourth-order valence-electron chi connectivity index (χ4n) is 1.68. The van der Waals surface area contributed by atoms with Crippen molar-refractivity contribution >= 4 is 0 Å². The third-order valence-electron chi connectivity index (χ3n) is 2.75. The molecule has 0 amide bonds. The van der Waals surface area contributed by atoms with Gasteiger partial charge in [0.15, 0.2) is 0 Å². The Hall–Kier alpha value is -1.87. The molecule has 2 nitrogen and oxygen atoms in total. The number of ether oxygens (including phenoxy) is 1. The van der Waals surface area contributed by atoms with E-state index in [0.717, 1.165) is 5.56 Å². The van der Waals surface area contributed by atoms with Crippen LogP contribution in [0.25, 0.3) is 0 Å². The van der Waals surface area contributed by atoms with Crippen molar-refractivity contribution in [3.8, 4) is 11.5 Å². The average Bonchev–Trinajstić information content (AvgIpc) is 2.34. The smallest absolute Gasteiger partial charge is 0.127 e. The summed E-state index contributed by atoms with van der Waals surface area (Å²) in [6.45, 7) is 3.63. The maximum absolute atomic E-state index is 13.1. The van der Waals surface area contributed by atoms with Crippen molar-refractivity contribution in [3.63, 3.8) is 0 Å². The van der Waals surface area contributed by atoms with Crippen LogP contribution in [-0.4, -0.2) is 0 Å². The molecule has 0 saturated heterocycles. The van der Waals surface area contributed by atoms with Crippen LogP contribution in [0, 0.1) is 12.7 Å². The molecule has 2 N–H and O–H groups in total. The zero-order valence-electron chi connectivity index (χ0n) is 10.5. The Kier molecular flexibility index (Phi) is 3.63. The molecule has 0 aliphatic rings. The Morgan fingerprint density at radius 1 is 1.11 bits per heavy atom. The van der Waals surface area contributed by atoms with E-state index in [1.807, 2.05) is 31.2 Å². The van der Waals surface area contributed by atoms with Crippen molar-refractivity contribution < 1.29 is 9.13 Å². The lowest BCUT2D eigenvalue weighted by Gasteiger charge is -2.10. The van der Waals surface area contributed by atoms with Gasteiger partial charge in [0.2, 0.25) is 0 Å². The fraction of sp³-hybridized carbons (Fsp3) is 0.200. The minimum Gasteiger partial charge on any atom is -0.457 e. The van der Waals surface area contributed by atoms with Gasteiger partial charge < -0.3 is 10.5 Å². The molecular formula is C15H16FNO. The molecular weight excluding hydrogens is 229 g/mol. The van der Waals surface area contributed by atoms with E-state index >= 15 is 0 Å². The summed E-state index contributed by atoms with van der Waals surface area (Å²) in [5.41, 5.74) is 7.39. The Labute approximate surface area is 106 Å². The van der Waals surface area contributed by atoms with Crippen molar-refractivity contribution in [2.24, 2.45) is 5.73 Å². The second-order valence-corrected chi connectivity index (χ2v) is 4.37. The van der Waals surface area contributed by atoms with Crippen molar-refractivity contribution in [2.75, 3.05) is 0 Å². The van der Waals surface area contributed by atoms with Gasteiger partial charge in [0.1, 0.15) is 17.3 Å². The first-order chi connectivity index (χ1) is 8.56. The number of nitrogens with two attached hydrogens (primary N) is 1. The zero-order valence-corrected chi connectivity index (χ0v) is 10.5. The molecule has 94 valence electrons. The van der Waals surface area contributed by atoms with E-state index in [0.29, 0.717) is 17.1 Å². The molecule has 1 atom stereocenters. The van der Waals surface area contributed by atoms with E-state index in [4.69, 9.17) is 10.5 Å². The van der Waals surface area contributed by atoms with Gasteiger partial charge >= 0.3 is 0 Å². The first-order valence-electron chi connectivity index (χ1n) is 5.86. The predicted molar refractivity (Wildman–Crippen MR) is 70.3 cm³/mol. The van der Waals surface area contributed by atoms with Crippen molar-refractivity contribution in [2.45, 2.75) is 19.9 Å². The summed E-state index contributed by atoms with van der Waals surface area (Å²) in [4.78, 5) is 0. The molecule has 2 aromatic rings. The summed E-state index contributed by atoms with van der Waals surface area (Å²) in [6, 6.07) is 12.2. The molecule has 2 aromatic carbocycles. The van der Waals surface area contributed by atoms with Gasteiger partial charge in [-0.1, -0.05) is 12.1 Å². The van der Waals surface area contributed by atoms with Gasteiger partial charge in [0.05, 0.1) is 0 Å². The number of hydrogen-bond donors (Lipinski definition) is 1. The predicted octanol–water partition coefficient (Wildman–Crippen LogP) is 3.95. The lowest BCUT2D eigenvalue weighted by atomic mass is 10.1. The lowest BCUT2D eigenvalue weighted by Crippen LogP contribution is -2.04. The topological polar surface area (TPSA) is 35.2 Å². The number of halogens is 1. The van der Waals surface area contributed by atoms with Gasteiger partial charge in [-0.25, -0.2) is 4.39 Å². The van der Waals surface area contributed by atoms with Crippen LogP contribution in [0.2, 0.25) is 0 Å². The van der Waals surface area contributed by atoms with E-state index in [1.54, 1.807) is 19.1 Å². The molecule has 0 bridgehead atoms. The highest BCUT2D eigenvalue weighted by Gasteiger charge is 2.04. The van der Waals surface area contributed by atoms with Crippen molar-refractivity contribution in [1.29, 1.82) is 0 Å². The van der Waals surface area contributed by atoms with Gasteiger partial charge in [-0.2, -0.15) is 0 Å². The van der Waals surface area contributed by atoms with Crippen LogP contribution < -0.4 is 10.5 Å². The molecule has 0 saturated carbocycles. The lowest BCUT2D eigenvalue weighted by molar-refractivity contribution is 0.478. The van der Waals surface area contributed by atoms with Crippen LogP contribution in [0.3, 0.4) is 0 Å². The summed E-state index contributed by atoms with van der Waals surface area (Å²) in [5.74, 6) is 1.10. The van der Waals surface area contributed by atoms with Crippen LogP contribution in [0.15, 0.2) is 42.5 Å². The first kappa shape index (κ1) is 12.6. The van der Waals surface area contributed by atoms with Crippen LogP contribution in [0.5, 0.6) is 11.5 Å². The molecule has 0 aromatic heterocycles. The highest BCUT2D eigenvalue weighted by Crippen LogP contribution is 2.25. The monoisotopic (exact) mass is 245 g/mol. The Balaban J connectivity index is 2.23. The molecule has 1 unspecified atom stereocenters. The molecule has 2 rings (SSSR count). The normalized spacial score (nSPS) is 12.2.